The Morgan fingerprint density at radius 3 is 2.66 bits per heavy atom. The maximum absolute atomic E-state index is 13.7. The minimum atomic E-state index is -0.455. The fourth-order valence-corrected chi connectivity index (χ4v) is 3.70. The van der Waals surface area contributed by atoms with E-state index >= 15 is 0 Å². The van der Waals surface area contributed by atoms with Crippen molar-refractivity contribution in [1.29, 1.82) is 0 Å². The van der Waals surface area contributed by atoms with Crippen LogP contribution in [0.5, 0.6) is 0 Å². The zero-order valence-corrected chi connectivity index (χ0v) is 17.0. The molecule has 2 N–H and O–H groups in total. The SMILES string of the molecule is C[C@H](NC(=O)c1ccc2c(=O)nc3c(-c4cccc(F)c4)n[nH]n3c2c1)c1ccccc1. The lowest BCUT2D eigenvalue weighted by Gasteiger charge is -2.14. The van der Waals surface area contributed by atoms with Crippen molar-refractivity contribution in [3.63, 3.8) is 0 Å². The number of aromatic nitrogens is 4. The summed E-state index contributed by atoms with van der Waals surface area (Å²) in [5, 5.41) is 10.4. The minimum Gasteiger partial charge on any atom is -0.346 e. The molecule has 0 saturated heterocycles. The first-order chi connectivity index (χ1) is 15.5. The van der Waals surface area contributed by atoms with Crippen molar-refractivity contribution in [3.05, 3.63) is 100 Å². The van der Waals surface area contributed by atoms with Crippen LogP contribution in [0.3, 0.4) is 0 Å². The van der Waals surface area contributed by atoms with E-state index in [0.29, 0.717) is 27.7 Å². The van der Waals surface area contributed by atoms with Crippen LogP contribution in [-0.4, -0.2) is 25.7 Å². The quantitative estimate of drug-likeness (QED) is 0.456. The molecule has 7 nitrogen and oxygen atoms in total. The van der Waals surface area contributed by atoms with Crippen LogP contribution in [0.15, 0.2) is 77.6 Å². The molecular weight excluding hydrogens is 409 g/mol. The Labute approximate surface area is 181 Å². The van der Waals surface area contributed by atoms with Gasteiger partial charge in [-0.2, -0.15) is 10.1 Å². The second kappa shape index (κ2) is 7.73. The molecule has 8 heteroatoms. The Morgan fingerprint density at radius 2 is 1.88 bits per heavy atom. The van der Waals surface area contributed by atoms with Gasteiger partial charge in [0.2, 0.25) is 0 Å². The fourth-order valence-electron chi connectivity index (χ4n) is 3.70. The molecule has 0 fully saturated rings. The monoisotopic (exact) mass is 427 g/mol. The van der Waals surface area contributed by atoms with E-state index in [4.69, 9.17) is 0 Å². The summed E-state index contributed by atoms with van der Waals surface area (Å²) in [7, 11) is 0. The Hall–Kier alpha value is -4.33. The molecule has 158 valence electrons. The van der Waals surface area contributed by atoms with E-state index in [2.05, 4.69) is 20.6 Å². The summed E-state index contributed by atoms with van der Waals surface area (Å²) in [6, 6.07) is 20.1. The van der Waals surface area contributed by atoms with Gasteiger partial charge in [-0.05, 0) is 42.8 Å². The lowest BCUT2D eigenvalue weighted by molar-refractivity contribution is 0.0940. The third-order valence-electron chi connectivity index (χ3n) is 5.37. The van der Waals surface area contributed by atoms with Crippen LogP contribution in [0, 0.1) is 5.82 Å². The van der Waals surface area contributed by atoms with Crippen molar-refractivity contribution in [3.8, 4) is 11.3 Å². The Kier molecular flexibility index (Phi) is 4.74. The molecule has 0 radical (unpaired) electrons. The maximum Gasteiger partial charge on any atom is 0.281 e. The van der Waals surface area contributed by atoms with E-state index in [1.165, 1.54) is 16.6 Å². The number of nitrogens with one attached hydrogen (secondary N) is 2. The van der Waals surface area contributed by atoms with Crippen LogP contribution in [0.25, 0.3) is 27.8 Å². The number of fused-ring (bicyclic) bond motifs is 3. The number of H-pyrrole nitrogens is 1. The van der Waals surface area contributed by atoms with Crippen LogP contribution in [0.2, 0.25) is 0 Å². The number of aromatic amines is 1. The normalized spacial score (nSPS) is 12.2. The molecule has 2 aromatic heterocycles. The van der Waals surface area contributed by atoms with Crippen molar-refractivity contribution < 1.29 is 9.18 Å². The van der Waals surface area contributed by atoms with Crippen molar-refractivity contribution >= 4 is 22.5 Å². The van der Waals surface area contributed by atoms with E-state index in [1.54, 1.807) is 30.3 Å². The van der Waals surface area contributed by atoms with Gasteiger partial charge in [0.1, 0.15) is 11.5 Å². The molecule has 1 atom stereocenters. The topological polar surface area (TPSA) is 92.2 Å². The average molecular weight is 427 g/mol. The first kappa shape index (κ1) is 19.6. The van der Waals surface area contributed by atoms with Gasteiger partial charge in [0.15, 0.2) is 5.65 Å². The number of rotatable bonds is 4. The number of halogens is 1. The number of carbonyl (C=O) groups excluding carboxylic acids is 1. The third kappa shape index (κ3) is 3.41. The molecule has 5 aromatic rings. The fraction of sp³-hybridized carbons (Fsp3) is 0.0833. The predicted molar refractivity (Wildman–Crippen MR) is 119 cm³/mol. The number of hydrogen-bond donors (Lipinski definition) is 2. The van der Waals surface area contributed by atoms with Crippen molar-refractivity contribution in [2.75, 3.05) is 0 Å². The smallest absolute Gasteiger partial charge is 0.281 e. The molecule has 32 heavy (non-hydrogen) atoms. The van der Waals surface area contributed by atoms with Crippen LogP contribution in [0.4, 0.5) is 4.39 Å². The van der Waals surface area contributed by atoms with Crippen molar-refractivity contribution in [2.45, 2.75) is 13.0 Å². The van der Waals surface area contributed by atoms with E-state index in [9.17, 15) is 14.0 Å². The molecule has 0 aliphatic rings. The van der Waals surface area contributed by atoms with Gasteiger partial charge in [-0.3, -0.25) is 9.59 Å². The Bertz CT molecular complexity index is 1520. The maximum atomic E-state index is 13.7. The molecule has 0 aliphatic heterocycles. The van der Waals surface area contributed by atoms with Gasteiger partial charge in [-0.15, -0.1) is 0 Å². The molecule has 0 bridgehead atoms. The minimum absolute atomic E-state index is 0.189. The summed E-state index contributed by atoms with van der Waals surface area (Å²) in [6.45, 7) is 1.90. The summed E-state index contributed by atoms with van der Waals surface area (Å²) < 4.78 is 15.2. The molecule has 1 amide bonds. The highest BCUT2D eigenvalue weighted by atomic mass is 19.1. The molecular formula is C24H18FN5O2. The molecule has 0 spiro atoms. The highest BCUT2D eigenvalue weighted by Gasteiger charge is 2.17. The summed E-state index contributed by atoms with van der Waals surface area (Å²) in [6.07, 6.45) is 0. The zero-order valence-electron chi connectivity index (χ0n) is 17.0. The van der Waals surface area contributed by atoms with Gasteiger partial charge in [0, 0.05) is 11.1 Å². The molecule has 0 aliphatic carbocycles. The van der Waals surface area contributed by atoms with Gasteiger partial charge in [-0.1, -0.05) is 42.5 Å². The van der Waals surface area contributed by atoms with E-state index < -0.39 is 11.4 Å². The van der Waals surface area contributed by atoms with Crippen molar-refractivity contribution in [2.24, 2.45) is 0 Å². The van der Waals surface area contributed by atoms with Gasteiger partial charge in [0.05, 0.1) is 16.9 Å². The summed E-state index contributed by atoms with van der Waals surface area (Å²) in [4.78, 5) is 29.6. The Morgan fingerprint density at radius 1 is 1.06 bits per heavy atom. The molecule has 0 saturated carbocycles. The van der Waals surface area contributed by atoms with Crippen LogP contribution in [-0.2, 0) is 0 Å². The molecule has 3 aromatic carbocycles. The second-order valence-corrected chi connectivity index (χ2v) is 7.48. The Balaban J connectivity index is 1.57. The van der Waals surface area contributed by atoms with Gasteiger partial charge < -0.3 is 5.32 Å². The van der Waals surface area contributed by atoms with Crippen LogP contribution in [0.1, 0.15) is 28.9 Å². The van der Waals surface area contributed by atoms with Gasteiger partial charge in [0.25, 0.3) is 11.5 Å². The lowest BCUT2D eigenvalue weighted by atomic mass is 10.1. The number of benzene rings is 3. The highest BCUT2D eigenvalue weighted by Crippen LogP contribution is 2.23. The lowest BCUT2D eigenvalue weighted by Crippen LogP contribution is -2.26. The number of nitrogens with zero attached hydrogens (tertiary/aromatic N) is 3. The number of carbonyl (C=O) groups is 1. The second-order valence-electron chi connectivity index (χ2n) is 7.48. The standard InChI is InChI=1S/C24H18FN5O2/c1-14(15-6-3-2-4-7-15)26-23(31)17-10-11-19-20(13-17)30-22(27-24(19)32)21(28-29-30)16-8-5-9-18(25)12-16/h2-14,29H,1H3,(H,26,31)/t14-/m0/s1. The van der Waals surface area contributed by atoms with Crippen LogP contribution >= 0.6 is 0 Å². The predicted octanol–water partition coefficient (Wildman–Crippen LogP) is 3.87. The van der Waals surface area contributed by atoms with E-state index in [-0.39, 0.29) is 17.6 Å². The highest BCUT2D eigenvalue weighted by molar-refractivity contribution is 5.98. The molecule has 5 rings (SSSR count). The summed E-state index contributed by atoms with van der Waals surface area (Å²) in [5.74, 6) is -0.690. The van der Waals surface area contributed by atoms with Crippen molar-refractivity contribution in [1.82, 2.24) is 25.1 Å². The third-order valence-corrected chi connectivity index (χ3v) is 5.37. The van der Waals surface area contributed by atoms with E-state index in [1.807, 2.05) is 37.3 Å². The van der Waals surface area contributed by atoms with Gasteiger partial charge >= 0.3 is 0 Å². The largest absolute Gasteiger partial charge is 0.346 e. The van der Waals surface area contributed by atoms with Crippen LogP contribution < -0.4 is 10.9 Å². The molecule has 0 unspecified atom stereocenters. The summed E-state index contributed by atoms with van der Waals surface area (Å²) >= 11 is 0. The first-order valence-electron chi connectivity index (χ1n) is 10.0. The zero-order chi connectivity index (χ0) is 22.2. The summed E-state index contributed by atoms with van der Waals surface area (Å²) in [5.41, 5.74) is 2.46. The molecule has 2 heterocycles. The average Bonchev–Trinajstić information content (AvgIpc) is 3.23. The number of amides is 1. The first-order valence-corrected chi connectivity index (χ1v) is 10.0. The van der Waals surface area contributed by atoms with E-state index in [0.717, 1.165) is 5.56 Å². The van der Waals surface area contributed by atoms with Gasteiger partial charge in [-0.25, -0.2) is 14.1 Å². The number of hydrogen-bond acceptors (Lipinski definition) is 4.